The van der Waals surface area contributed by atoms with Crippen LogP contribution in [0.1, 0.15) is 25.7 Å². The van der Waals surface area contributed by atoms with E-state index in [0.29, 0.717) is 11.8 Å². The van der Waals surface area contributed by atoms with Gasteiger partial charge in [-0.25, -0.2) is 0 Å². The molecule has 0 spiro atoms. The van der Waals surface area contributed by atoms with Gasteiger partial charge in [0.05, 0.1) is 0 Å². The second-order valence-corrected chi connectivity index (χ2v) is 6.15. The Morgan fingerprint density at radius 3 is 2.50 bits per heavy atom. The molecule has 0 bridgehead atoms. The summed E-state index contributed by atoms with van der Waals surface area (Å²) in [5.41, 5.74) is 0. The molecule has 2 aliphatic heterocycles. The summed E-state index contributed by atoms with van der Waals surface area (Å²) in [5.74, 6) is 1.74. The number of amides is 1. The van der Waals surface area contributed by atoms with Gasteiger partial charge in [0.2, 0.25) is 5.91 Å². The van der Waals surface area contributed by atoms with Gasteiger partial charge in [0.1, 0.15) is 0 Å². The SMILES string of the molecule is CN(C)CC1CCN(C(=O)CC2CCNC2)CC1. The van der Waals surface area contributed by atoms with E-state index in [0.717, 1.165) is 45.1 Å². The fraction of sp³-hybridized carbons (Fsp3) is 0.929. The maximum absolute atomic E-state index is 12.2. The molecule has 2 aliphatic rings. The van der Waals surface area contributed by atoms with Gasteiger partial charge in [-0.1, -0.05) is 0 Å². The number of nitrogens with one attached hydrogen (secondary N) is 1. The van der Waals surface area contributed by atoms with Gasteiger partial charge >= 0.3 is 0 Å². The van der Waals surface area contributed by atoms with Crippen molar-refractivity contribution in [2.24, 2.45) is 11.8 Å². The van der Waals surface area contributed by atoms with Gasteiger partial charge in [0.25, 0.3) is 0 Å². The van der Waals surface area contributed by atoms with Crippen LogP contribution in [0.25, 0.3) is 0 Å². The molecule has 0 saturated carbocycles. The van der Waals surface area contributed by atoms with Gasteiger partial charge in [-0.2, -0.15) is 0 Å². The summed E-state index contributed by atoms with van der Waals surface area (Å²) in [4.78, 5) is 16.5. The van der Waals surface area contributed by atoms with Crippen LogP contribution in [0.15, 0.2) is 0 Å². The summed E-state index contributed by atoms with van der Waals surface area (Å²) in [7, 11) is 4.26. The monoisotopic (exact) mass is 253 g/mol. The average molecular weight is 253 g/mol. The lowest BCUT2D eigenvalue weighted by molar-refractivity contribution is -0.133. The molecule has 0 radical (unpaired) electrons. The zero-order valence-corrected chi connectivity index (χ0v) is 11.8. The molecule has 1 atom stereocenters. The maximum atomic E-state index is 12.2. The first-order chi connectivity index (χ1) is 8.65. The van der Waals surface area contributed by atoms with E-state index in [1.165, 1.54) is 19.3 Å². The predicted octanol–water partition coefficient (Wildman–Crippen LogP) is 0.786. The molecule has 1 N–H and O–H groups in total. The molecule has 2 rings (SSSR count). The third-order valence-corrected chi connectivity index (χ3v) is 4.22. The van der Waals surface area contributed by atoms with Crippen LogP contribution in [0.5, 0.6) is 0 Å². The molecule has 18 heavy (non-hydrogen) atoms. The molecule has 4 nitrogen and oxygen atoms in total. The van der Waals surface area contributed by atoms with Crippen molar-refractivity contribution in [2.45, 2.75) is 25.7 Å². The summed E-state index contributed by atoms with van der Waals surface area (Å²) in [6, 6.07) is 0. The Morgan fingerprint density at radius 1 is 1.22 bits per heavy atom. The number of nitrogens with zero attached hydrogens (tertiary/aromatic N) is 2. The Balaban J connectivity index is 1.70. The molecule has 2 saturated heterocycles. The van der Waals surface area contributed by atoms with Gasteiger partial charge in [-0.15, -0.1) is 0 Å². The van der Waals surface area contributed by atoms with Gasteiger partial charge in [-0.3, -0.25) is 4.79 Å². The van der Waals surface area contributed by atoms with Crippen molar-refractivity contribution in [1.82, 2.24) is 15.1 Å². The second-order valence-electron chi connectivity index (χ2n) is 6.15. The van der Waals surface area contributed by atoms with Crippen molar-refractivity contribution in [3.05, 3.63) is 0 Å². The van der Waals surface area contributed by atoms with Crippen LogP contribution in [-0.2, 0) is 4.79 Å². The van der Waals surface area contributed by atoms with Crippen molar-refractivity contribution in [3.63, 3.8) is 0 Å². The van der Waals surface area contributed by atoms with E-state index in [9.17, 15) is 4.79 Å². The summed E-state index contributed by atoms with van der Waals surface area (Å²) >= 11 is 0. The quantitative estimate of drug-likeness (QED) is 0.804. The van der Waals surface area contributed by atoms with E-state index in [-0.39, 0.29) is 0 Å². The number of carbonyl (C=O) groups excluding carboxylic acids is 1. The first kappa shape index (κ1) is 13.8. The number of hydrogen-bond acceptors (Lipinski definition) is 3. The highest BCUT2D eigenvalue weighted by atomic mass is 16.2. The highest BCUT2D eigenvalue weighted by molar-refractivity contribution is 5.76. The van der Waals surface area contributed by atoms with E-state index < -0.39 is 0 Å². The lowest BCUT2D eigenvalue weighted by Crippen LogP contribution is -2.41. The number of rotatable bonds is 4. The van der Waals surface area contributed by atoms with Crippen LogP contribution in [0, 0.1) is 11.8 Å². The third kappa shape index (κ3) is 3.95. The van der Waals surface area contributed by atoms with E-state index >= 15 is 0 Å². The van der Waals surface area contributed by atoms with Gasteiger partial charge < -0.3 is 15.1 Å². The molecule has 2 fully saturated rings. The first-order valence-corrected chi connectivity index (χ1v) is 7.28. The van der Waals surface area contributed by atoms with Crippen LogP contribution in [-0.4, -0.2) is 62.5 Å². The van der Waals surface area contributed by atoms with Crippen molar-refractivity contribution in [2.75, 3.05) is 46.8 Å². The zero-order valence-electron chi connectivity index (χ0n) is 11.8. The van der Waals surface area contributed by atoms with Gasteiger partial charge in [0, 0.05) is 26.1 Å². The summed E-state index contributed by atoms with van der Waals surface area (Å²) in [5, 5.41) is 3.33. The van der Waals surface area contributed by atoms with Crippen LogP contribution in [0.4, 0.5) is 0 Å². The molecule has 1 unspecified atom stereocenters. The highest BCUT2D eigenvalue weighted by Gasteiger charge is 2.25. The molecule has 4 heteroatoms. The van der Waals surface area contributed by atoms with E-state index in [2.05, 4.69) is 29.2 Å². The molecular formula is C14H27N3O. The van der Waals surface area contributed by atoms with Crippen LogP contribution < -0.4 is 5.32 Å². The normalized spacial score (nSPS) is 25.9. The standard InChI is InChI=1S/C14H27N3O/c1-16(2)11-12-4-7-17(8-5-12)14(18)9-13-3-6-15-10-13/h12-13,15H,3-11H2,1-2H3. The Kier molecular flexibility index (Phi) is 5.01. The summed E-state index contributed by atoms with van der Waals surface area (Å²) in [6.07, 6.45) is 4.27. The average Bonchev–Trinajstić information content (AvgIpc) is 2.82. The zero-order chi connectivity index (χ0) is 13.0. The summed E-state index contributed by atoms with van der Waals surface area (Å²) < 4.78 is 0. The van der Waals surface area contributed by atoms with E-state index in [4.69, 9.17) is 0 Å². The molecule has 0 aromatic rings. The first-order valence-electron chi connectivity index (χ1n) is 7.28. The molecule has 0 aromatic carbocycles. The fourth-order valence-corrected chi connectivity index (χ4v) is 3.15. The minimum atomic E-state index is 0.381. The lowest BCUT2D eigenvalue weighted by Gasteiger charge is -2.33. The van der Waals surface area contributed by atoms with Crippen molar-refractivity contribution in [1.29, 1.82) is 0 Å². The van der Waals surface area contributed by atoms with Crippen LogP contribution in [0.3, 0.4) is 0 Å². The number of piperidine rings is 1. The largest absolute Gasteiger partial charge is 0.343 e. The van der Waals surface area contributed by atoms with Crippen molar-refractivity contribution < 1.29 is 4.79 Å². The number of hydrogen-bond donors (Lipinski definition) is 1. The number of carbonyl (C=O) groups is 1. The summed E-state index contributed by atoms with van der Waals surface area (Å²) in [6.45, 7) is 5.22. The second kappa shape index (κ2) is 6.53. The molecule has 2 heterocycles. The Hall–Kier alpha value is -0.610. The van der Waals surface area contributed by atoms with Gasteiger partial charge in [-0.05, 0) is 58.3 Å². The maximum Gasteiger partial charge on any atom is 0.222 e. The van der Waals surface area contributed by atoms with Crippen molar-refractivity contribution >= 4 is 5.91 Å². The van der Waals surface area contributed by atoms with Gasteiger partial charge in [0.15, 0.2) is 0 Å². The number of likely N-dealkylation sites (tertiary alicyclic amines) is 1. The lowest BCUT2D eigenvalue weighted by atomic mass is 9.95. The van der Waals surface area contributed by atoms with E-state index in [1.54, 1.807) is 0 Å². The molecule has 104 valence electrons. The van der Waals surface area contributed by atoms with Crippen molar-refractivity contribution in [3.8, 4) is 0 Å². The Labute approximate surface area is 111 Å². The topological polar surface area (TPSA) is 35.6 Å². The minimum absolute atomic E-state index is 0.381. The molecule has 1 amide bonds. The van der Waals surface area contributed by atoms with Crippen LogP contribution in [0.2, 0.25) is 0 Å². The van der Waals surface area contributed by atoms with E-state index in [1.807, 2.05) is 0 Å². The molecule has 0 aliphatic carbocycles. The van der Waals surface area contributed by atoms with Crippen LogP contribution >= 0.6 is 0 Å². The molecular weight excluding hydrogens is 226 g/mol. The third-order valence-electron chi connectivity index (χ3n) is 4.22. The smallest absolute Gasteiger partial charge is 0.222 e. The fourth-order valence-electron chi connectivity index (χ4n) is 3.15. The minimum Gasteiger partial charge on any atom is -0.343 e. The molecule has 0 aromatic heterocycles. The highest BCUT2D eigenvalue weighted by Crippen LogP contribution is 2.20. The Morgan fingerprint density at radius 2 is 1.94 bits per heavy atom. The predicted molar refractivity (Wildman–Crippen MR) is 73.5 cm³/mol. The Bertz CT molecular complexity index is 266.